The van der Waals surface area contributed by atoms with Gasteiger partial charge in [-0.3, -0.25) is 4.79 Å². The predicted molar refractivity (Wildman–Crippen MR) is 80.8 cm³/mol. The second-order valence-electron chi connectivity index (χ2n) is 5.25. The van der Waals surface area contributed by atoms with Gasteiger partial charge in [-0.2, -0.15) is 0 Å². The smallest absolute Gasteiger partial charge is 0.231 e. The van der Waals surface area contributed by atoms with Crippen LogP contribution < -0.4 is 10.6 Å². The maximum absolute atomic E-state index is 12.4. The van der Waals surface area contributed by atoms with Crippen molar-refractivity contribution in [2.24, 2.45) is 5.92 Å². The SMILES string of the molecule is CCCNC1COCC1C(=O)Nc1cccc(CC)c1. The van der Waals surface area contributed by atoms with Crippen LogP contribution in [0.25, 0.3) is 0 Å². The Balaban J connectivity index is 1.96. The maximum Gasteiger partial charge on any atom is 0.231 e. The average molecular weight is 276 g/mol. The number of hydrogen-bond donors (Lipinski definition) is 2. The van der Waals surface area contributed by atoms with Crippen LogP contribution in [-0.4, -0.2) is 31.7 Å². The fourth-order valence-electron chi connectivity index (χ4n) is 2.45. The first kappa shape index (κ1) is 15.0. The van der Waals surface area contributed by atoms with Gasteiger partial charge in [-0.15, -0.1) is 0 Å². The van der Waals surface area contributed by atoms with Crippen LogP contribution in [0.1, 0.15) is 25.8 Å². The Hall–Kier alpha value is -1.39. The van der Waals surface area contributed by atoms with E-state index in [1.54, 1.807) is 0 Å². The van der Waals surface area contributed by atoms with E-state index in [1.165, 1.54) is 5.56 Å². The second-order valence-corrected chi connectivity index (χ2v) is 5.25. The first-order chi connectivity index (χ1) is 9.74. The molecule has 0 saturated carbocycles. The lowest BCUT2D eigenvalue weighted by molar-refractivity contribution is -0.120. The molecule has 2 N–H and O–H groups in total. The monoisotopic (exact) mass is 276 g/mol. The largest absolute Gasteiger partial charge is 0.379 e. The second kappa shape index (κ2) is 7.41. The van der Waals surface area contributed by atoms with Crippen molar-refractivity contribution in [3.05, 3.63) is 29.8 Å². The van der Waals surface area contributed by atoms with E-state index in [0.717, 1.165) is 25.1 Å². The fourth-order valence-corrected chi connectivity index (χ4v) is 2.45. The normalized spacial score (nSPS) is 21.9. The molecule has 1 aliphatic heterocycles. The molecule has 20 heavy (non-hydrogen) atoms. The summed E-state index contributed by atoms with van der Waals surface area (Å²) in [5, 5.41) is 6.39. The van der Waals surface area contributed by atoms with Crippen molar-refractivity contribution in [2.45, 2.75) is 32.7 Å². The van der Waals surface area contributed by atoms with Gasteiger partial charge >= 0.3 is 0 Å². The van der Waals surface area contributed by atoms with Crippen LogP contribution >= 0.6 is 0 Å². The zero-order chi connectivity index (χ0) is 14.4. The van der Waals surface area contributed by atoms with Crippen molar-refractivity contribution in [3.63, 3.8) is 0 Å². The molecule has 4 heteroatoms. The van der Waals surface area contributed by atoms with E-state index in [4.69, 9.17) is 4.74 Å². The number of benzene rings is 1. The first-order valence-electron chi connectivity index (χ1n) is 7.45. The summed E-state index contributed by atoms with van der Waals surface area (Å²) < 4.78 is 5.45. The molecule has 2 unspecified atom stereocenters. The lowest BCUT2D eigenvalue weighted by atomic mass is 10.0. The molecule has 1 heterocycles. The standard InChI is InChI=1S/C16H24N2O2/c1-3-8-17-15-11-20-10-14(15)16(19)18-13-7-5-6-12(4-2)9-13/h5-7,9,14-15,17H,3-4,8,10-11H2,1-2H3,(H,18,19). The Morgan fingerprint density at radius 1 is 1.35 bits per heavy atom. The third-order valence-corrected chi connectivity index (χ3v) is 3.68. The van der Waals surface area contributed by atoms with E-state index in [9.17, 15) is 4.79 Å². The minimum atomic E-state index is -0.105. The molecule has 0 aliphatic carbocycles. The third kappa shape index (κ3) is 3.81. The Kier molecular flexibility index (Phi) is 5.56. The van der Waals surface area contributed by atoms with Crippen molar-refractivity contribution in [1.82, 2.24) is 5.32 Å². The van der Waals surface area contributed by atoms with Crippen LogP contribution in [0.4, 0.5) is 5.69 Å². The van der Waals surface area contributed by atoms with Crippen molar-refractivity contribution in [3.8, 4) is 0 Å². The predicted octanol–water partition coefficient (Wildman–Crippen LogP) is 2.20. The molecule has 0 aromatic heterocycles. The Labute approximate surface area is 120 Å². The molecule has 0 spiro atoms. The zero-order valence-electron chi connectivity index (χ0n) is 12.3. The fraction of sp³-hybridized carbons (Fsp3) is 0.562. The van der Waals surface area contributed by atoms with Gasteiger partial charge < -0.3 is 15.4 Å². The van der Waals surface area contributed by atoms with Gasteiger partial charge in [0.25, 0.3) is 0 Å². The van der Waals surface area contributed by atoms with Crippen LogP contribution in [0.3, 0.4) is 0 Å². The number of ether oxygens (including phenoxy) is 1. The molecule has 1 aliphatic rings. The van der Waals surface area contributed by atoms with Gasteiger partial charge in [0.05, 0.1) is 19.1 Å². The van der Waals surface area contributed by atoms with Gasteiger partial charge in [-0.25, -0.2) is 0 Å². The highest BCUT2D eigenvalue weighted by atomic mass is 16.5. The van der Waals surface area contributed by atoms with Crippen LogP contribution in [0.15, 0.2) is 24.3 Å². The van der Waals surface area contributed by atoms with Gasteiger partial charge in [-0.1, -0.05) is 26.0 Å². The van der Waals surface area contributed by atoms with Crippen molar-refractivity contribution >= 4 is 11.6 Å². The third-order valence-electron chi connectivity index (χ3n) is 3.68. The molecular weight excluding hydrogens is 252 g/mol. The number of carbonyl (C=O) groups excluding carboxylic acids is 1. The van der Waals surface area contributed by atoms with E-state index in [1.807, 2.05) is 18.2 Å². The average Bonchev–Trinajstić information content (AvgIpc) is 2.93. The Bertz CT molecular complexity index is 448. The quantitative estimate of drug-likeness (QED) is 0.837. The van der Waals surface area contributed by atoms with E-state index in [-0.39, 0.29) is 17.9 Å². The minimum absolute atomic E-state index is 0.0457. The molecule has 110 valence electrons. The topological polar surface area (TPSA) is 50.4 Å². The molecule has 1 saturated heterocycles. The summed E-state index contributed by atoms with van der Waals surface area (Å²) in [6.45, 7) is 6.27. The van der Waals surface area contributed by atoms with E-state index >= 15 is 0 Å². The summed E-state index contributed by atoms with van der Waals surface area (Å²) >= 11 is 0. The van der Waals surface area contributed by atoms with Gasteiger partial charge in [0, 0.05) is 11.7 Å². The van der Waals surface area contributed by atoms with E-state index < -0.39 is 0 Å². The molecule has 1 amide bonds. The highest BCUT2D eigenvalue weighted by Gasteiger charge is 2.33. The highest BCUT2D eigenvalue weighted by molar-refractivity contribution is 5.93. The summed E-state index contributed by atoms with van der Waals surface area (Å²) in [6, 6.07) is 8.14. The van der Waals surface area contributed by atoms with Crippen LogP contribution in [0.2, 0.25) is 0 Å². The van der Waals surface area contributed by atoms with Crippen LogP contribution in [-0.2, 0) is 16.0 Å². The lowest BCUT2D eigenvalue weighted by Crippen LogP contribution is -2.41. The van der Waals surface area contributed by atoms with Crippen molar-refractivity contribution < 1.29 is 9.53 Å². The summed E-state index contributed by atoms with van der Waals surface area (Å²) in [5.41, 5.74) is 2.10. The molecule has 2 rings (SSSR count). The van der Waals surface area contributed by atoms with E-state index in [2.05, 4.69) is 30.5 Å². The Morgan fingerprint density at radius 2 is 2.20 bits per heavy atom. The molecule has 4 nitrogen and oxygen atoms in total. The number of rotatable bonds is 6. The van der Waals surface area contributed by atoms with Crippen molar-refractivity contribution in [2.75, 3.05) is 25.1 Å². The number of nitrogens with one attached hydrogen (secondary N) is 2. The molecule has 1 fully saturated rings. The molecule has 0 bridgehead atoms. The number of aryl methyl sites for hydroxylation is 1. The number of amides is 1. The molecule has 2 atom stereocenters. The van der Waals surface area contributed by atoms with E-state index in [0.29, 0.717) is 13.2 Å². The molecule has 1 aromatic carbocycles. The highest BCUT2D eigenvalue weighted by Crippen LogP contribution is 2.18. The van der Waals surface area contributed by atoms with Gasteiger partial charge in [0.15, 0.2) is 0 Å². The van der Waals surface area contributed by atoms with Gasteiger partial charge in [0.2, 0.25) is 5.91 Å². The summed E-state index contributed by atoms with van der Waals surface area (Å²) in [4.78, 5) is 12.4. The molecule has 0 radical (unpaired) electrons. The van der Waals surface area contributed by atoms with Gasteiger partial charge in [0.1, 0.15) is 0 Å². The Morgan fingerprint density at radius 3 is 2.95 bits per heavy atom. The molecule has 1 aromatic rings. The summed E-state index contributed by atoms with van der Waals surface area (Å²) in [7, 11) is 0. The zero-order valence-corrected chi connectivity index (χ0v) is 12.3. The van der Waals surface area contributed by atoms with Crippen LogP contribution in [0, 0.1) is 5.92 Å². The maximum atomic E-state index is 12.4. The summed E-state index contributed by atoms with van der Waals surface area (Å²) in [6.07, 6.45) is 2.03. The van der Waals surface area contributed by atoms with Crippen molar-refractivity contribution in [1.29, 1.82) is 0 Å². The first-order valence-corrected chi connectivity index (χ1v) is 7.45. The minimum Gasteiger partial charge on any atom is -0.379 e. The number of hydrogen-bond acceptors (Lipinski definition) is 3. The number of carbonyl (C=O) groups is 1. The number of anilines is 1. The lowest BCUT2D eigenvalue weighted by Gasteiger charge is -2.18. The molecular formula is C16H24N2O2. The van der Waals surface area contributed by atoms with Crippen LogP contribution in [0.5, 0.6) is 0 Å². The summed E-state index contributed by atoms with van der Waals surface area (Å²) in [5.74, 6) is -0.0591. The van der Waals surface area contributed by atoms with Gasteiger partial charge in [-0.05, 0) is 37.1 Å².